The molecule has 2 rings (SSSR count). The first-order chi connectivity index (χ1) is 8.59. The van der Waals surface area contributed by atoms with Gasteiger partial charge in [0.1, 0.15) is 0 Å². The smallest absolute Gasteiger partial charge is 0.0547 e. The number of nitrogens with zero attached hydrogens (tertiary/aromatic N) is 2. The molecule has 0 amide bonds. The minimum atomic E-state index is 0.284. The third-order valence-corrected chi connectivity index (χ3v) is 3.46. The molecular weight excluding hydrogens is 222 g/mol. The van der Waals surface area contributed by atoms with Crippen LogP contribution in [-0.2, 0) is 7.05 Å². The van der Waals surface area contributed by atoms with Crippen molar-refractivity contribution in [1.29, 1.82) is 0 Å². The normalized spacial score (nSPS) is 14.4. The lowest BCUT2D eigenvalue weighted by Gasteiger charge is -2.22. The van der Waals surface area contributed by atoms with Crippen LogP contribution in [-0.4, -0.2) is 9.78 Å². The van der Waals surface area contributed by atoms with E-state index >= 15 is 0 Å². The number of aryl methyl sites for hydroxylation is 2. The summed E-state index contributed by atoms with van der Waals surface area (Å²) in [5.41, 5.74) is 3.89. The van der Waals surface area contributed by atoms with Gasteiger partial charge in [0.15, 0.2) is 0 Å². The first-order valence-electron chi connectivity index (χ1n) is 6.39. The van der Waals surface area contributed by atoms with Crippen molar-refractivity contribution in [3.63, 3.8) is 0 Å². The van der Waals surface area contributed by atoms with Crippen LogP contribution < -0.4 is 5.32 Å². The minimum absolute atomic E-state index is 0.284. The lowest BCUT2D eigenvalue weighted by Crippen LogP contribution is -2.24. The Morgan fingerprint density at radius 3 is 2.44 bits per heavy atom. The molecule has 3 heteroatoms. The van der Waals surface area contributed by atoms with Crippen LogP contribution >= 0.6 is 0 Å². The van der Waals surface area contributed by atoms with Crippen molar-refractivity contribution in [2.24, 2.45) is 7.05 Å². The van der Waals surface area contributed by atoms with Gasteiger partial charge in [-0.2, -0.15) is 5.10 Å². The van der Waals surface area contributed by atoms with E-state index in [9.17, 15) is 0 Å². The number of nitrogens with one attached hydrogen (secondary N) is 1. The van der Waals surface area contributed by atoms with Crippen molar-refractivity contribution < 1.29 is 0 Å². The Morgan fingerprint density at radius 1 is 1.11 bits per heavy atom. The summed E-state index contributed by atoms with van der Waals surface area (Å²) in [4.78, 5) is 0. The lowest BCUT2D eigenvalue weighted by molar-refractivity contribution is 0.468. The van der Waals surface area contributed by atoms with Crippen LogP contribution in [0.5, 0.6) is 0 Å². The lowest BCUT2D eigenvalue weighted by atomic mass is 10.0. The zero-order valence-corrected chi connectivity index (χ0v) is 11.5. The summed E-state index contributed by atoms with van der Waals surface area (Å²) >= 11 is 0. The topological polar surface area (TPSA) is 29.9 Å². The summed E-state index contributed by atoms with van der Waals surface area (Å²) in [6.07, 6.45) is 1.84. The third kappa shape index (κ3) is 2.62. The van der Waals surface area contributed by atoms with E-state index in [4.69, 9.17) is 0 Å². The van der Waals surface area contributed by atoms with Crippen molar-refractivity contribution in [2.45, 2.75) is 32.9 Å². The molecule has 1 heterocycles. The van der Waals surface area contributed by atoms with Gasteiger partial charge in [0.2, 0.25) is 0 Å². The fourth-order valence-corrected chi connectivity index (χ4v) is 2.43. The molecule has 1 aromatic heterocycles. The summed E-state index contributed by atoms with van der Waals surface area (Å²) in [6.45, 7) is 6.53. The maximum atomic E-state index is 4.21. The van der Waals surface area contributed by atoms with E-state index in [1.54, 1.807) is 0 Å². The zero-order chi connectivity index (χ0) is 13.1. The molecule has 1 aromatic carbocycles. The molecule has 0 saturated carbocycles. The van der Waals surface area contributed by atoms with E-state index in [-0.39, 0.29) is 6.04 Å². The number of hydrogen-bond acceptors (Lipinski definition) is 2. The van der Waals surface area contributed by atoms with E-state index in [0.29, 0.717) is 6.04 Å². The molecule has 96 valence electrons. The Bertz CT molecular complexity index is 516. The quantitative estimate of drug-likeness (QED) is 0.894. The second-order valence-corrected chi connectivity index (χ2v) is 4.85. The van der Waals surface area contributed by atoms with Gasteiger partial charge in [0, 0.05) is 25.3 Å². The number of rotatable bonds is 4. The molecule has 1 unspecified atom stereocenters. The molecule has 2 atom stereocenters. The van der Waals surface area contributed by atoms with Gasteiger partial charge >= 0.3 is 0 Å². The summed E-state index contributed by atoms with van der Waals surface area (Å²) in [5.74, 6) is 0. The van der Waals surface area contributed by atoms with Gasteiger partial charge in [-0.05, 0) is 38.0 Å². The van der Waals surface area contributed by atoms with Gasteiger partial charge in [0.05, 0.1) is 5.69 Å². The van der Waals surface area contributed by atoms with E-state index < -0.39 is 0 Å². The van der Waals surface area contributed by atoms with Crippen LogP contribution in [0, 0.1) is 6.92 Å². The molecule has 0 aliphatic heterocycles. The Labute approximate surface area is 109 Å². The molecule has 0 fully saturated rings. The average molecular weight is 243 g/mol. The van der Waals surface area contributed by atoms with Crippen molar-refractivity contribution in [3.05, 3.63) is 53.3 Å². The highest BCUT2D eigenvalue weighted by Crippen LogP contribution is 2.21. The van der Waals surface area contributed by atoms with Crippen molar-refractivity contribution in [2.75, 3.05) is 0 Å². The van der Waals surface area contributed by atoms with Gasteiger partial charge in [-0.1, -0.05) is 24.3 Å². The number of hydrogen-bond donors (Lipinski definition) is 1. The predicted octanol–water partition coefficient (Wildman–Crippen LogP) is 3.14. The van der Waals surface area contributed by atoms with Crippen LogP contribution in [0.4, 0.5) is 0 Å². The molecule has 0 aliphatic rings. The molecule has 0 radical (unpaired) electrons. The van der Waals surface area contributed by atoms with Gasteiger partial charge in [-0.15, -0.1) is 0 Å². The van der Waals surface area contributed by atoms with Crippen molar-refractivity contribution in [1.82, 2.24) is 15.1 Å². The molecule has 3 nitrogen and oxygen atoms in total. The molecule has 18 heavy (non-hydrogen) atoms. The number of benzene rings is 1. The summed E-state index contributed by atoms with van der Waals surface area (Å²) in [5, 5.41) is 7.83. The van der Waals surface area contributed by atoms with Gasteiger partial charge in [-0.3, -0.25) is 4.68 Å². The molecule has 2 aromatic rings. The monoisotopic (exact) mass is 243 g/mol. The van der Waals surface area contributed by atoms with Gasteiger partial charge in [-0.25, -0.2) is 0 Å². The van der Waals surface area contributed by atoms with Crippen LogP contribution in [0.2, 0.25) is 0 Å². The highest BCUT2D eigenvalue weighted by Gasteiger charge is 2.14. The van der Waals surface area contributed by atoms with Crippen LogP contribution in [0.1, 0.15) is 42.8 Å². The zero-order valence-electron chi connectivity index (χ0n) is 11.5. The van der Waals surface area contributed by atoms with E-state index in [0.717, 1.165) is 0 Å². The van der Waals surface area contributed by atoms with E-state index in [1.165, 1.54) is 16.8 Å². The largest absolute Gasteiger partial charge is 0.302 e. The van der Waals surface area contributed by atoms with E-state index in [1.807, 2.05) is 17.9 Å². The highest BCUT2D eigenvalue weighted by atomic mass is 15.3. The Hall–Kier alpha value is -1.61. The second-order valence-electron chi connectivity index (χ2n) is 4.85. The average Bonchev–Trinajstić information content (AvgIpc) is 2.76. The Kier molecular flexibility index (Phi) is 3.82. The maximum absolute atomic E-state index is 4.21. The first kappa shape index (κ1) is 12.8. The maximum Gasteiger partial charge on any atom is 0.0547 e. The fourth-order valence-electron chi connectivity index (χ4n) is 2.43. The van der Waals surface area contributed by atoms with Gasteiger partial charge in [0.25, 0.3) is 0 Å². The molecule has 0 aliphatic carbocycles. The second kappa shape index (κ2) is 5.36. The summed E-state index contributed by atoms with van der Waals surface area (Å²) in [7, 11) is 1.98. The SMILES string of the molecule is Cc1ccccc1[C@H](C)NC(C)c1ccnn1C. The first-order valence-corrected chi connectivity index (χ1v) is 6.39. The molecular formula is C15H21N3. The minimum Gasteiger partial charge on any atom is -0.302 e. The summed E-state index contributed by atoms with van der Waals surface area (Å²) < 4.78 is 1.92. The molecule has 0 spiro atoms. The van der Waals surface area contributed by atoms with Crippen LogP contribution in [0.15, 0.2) is 36.5 Å². The fraction of sp³-hybridized carbons (Fsp3) is 0.400. The van der Waals surface area contributed by atoms with Crippen LogP contribution in [0.25, 0.3) is 0 Å². The molecule has 1 N–H and O–H groups in total. The molecule has 0 bridgehead atoms. The Balaban J connectivity index is 2.11. The number of aromatic nitrogens is 2. The van der Waals surface area contributed by atoms with Crippen molar-refractivity contribution in [3.8, 4) is 0 Å². The Morgan fingerprint density at radius 2 is 1.83 bits per heavy atom. The predicted molar refractivity (Wildman–Crippen MR) is 74.4 cm³/mol. The summed E-state index contributed by atoms with van der Waals surface area (Å²) in [6, 6.07) is 11.2. The highest BCUT2D eigenvalue weighted by molar-refractivity contribution is 5.28. The standard InChI is InChI=1S/C15H21N3/c1-11-7-5-6-8-14(11)12(2)17-13(3)15-9-10-16-18(15)4/h5-10,12-13,17H,1-4H3/t12-,13?/m0/s1. The molecule has 0 saturated heterocycles. The van der Waals surface area contributed by atoms with Crippen molar-refractivity contribution >= 4 is 0 Å². The van der Waals surface area contributed by atoms with E-state index in [2.05, 4.69) is 61.5 Å². The van der Waals surface area contributed by atoms with Gasteiger partial charge < -0.3 is 5.32 Å². The van der Waals surface area contributed by atoms with Crippen LogP contribution in [0.3, 0.4) is 0 Å². The third-order valence-electron chi connectivity index (χ3n) is 3.46.